The number of likely N-dealkylation sites (N-methyl/N-ethyl adjacent to an activating group) is 1. The van der Waals surface area contributed by atoms with E-state index in [1.807, 2.05) is 0 Å². The van der Waals surface area contributed by atoms with E-state index in [0.717, 1.165) is 32.6 Å². The van der Waals surface area contributed by atoms with E-state index in [2.05, 4.69) is 22.2 Å². The van der Waals surface area contributed by atoms with Crippen molar-refractivity contribution < 1.29 is 0 Å². The molecule has 1 aliphatic heterocycles. The molecule has 1 N–H and O–H groups in total. The van der Waals surface area contributed by atoms with E-state index in [-0.39, 0.29) is 5.56 Å². The average molecular weight is 311 g/mol. The Hall–Kier alpha value is -1.07. The topological polar surface area (TPSA) is 50.2 Å². The molecule has 2 heterocycles. The van der Waals surface area contributed by atoms with Crippen molar-refractivity contribution in [3.63, 3.8) is 0 Å². The highest BCUT2D eigenvalue weighted by molar-refractivity contribution is 6.33. The minimum atomic E-state index is -0.0388. The van der Waals surface area contributed by atoms with Crippen molar-refractivity contribution in [2.75, 3.05) is 24.5 Å². The molecule has 1 saturated carbocycles. The zero-order valence-corrected chi connectivity index (χ0v) is 13.3. The third-order valence-electron chi connectivity index (χ3n) is 4.73. The fourth-order valence-electron chi connectivity index (χ4n) is 3.27. The first-order valence-electron chi connectivity index (χ1n) is 7.93. The lowest BCUT2D eigenvalue weighted by molar-refractivity contribution is 0.261. The Labute approximate surface area is 130 Å². The molecule has 1 aromatic rings. The molecule has 116 valence electrons. The fourth-order valence-corrected chi connectivity index (χ4v) is 3.51. The highest BCUT2D eigenvalue weighted by Gasteiger charge is 2.27. The molecule has 0 bridgehead atoms. The summed E-state index contributed by atoms with van der Waals surface area (Å²) in [4.78, 5) is 14.9. The van der Waals surface area contributed by atoms with Crippen LogP contribution in [-0.4, -0.2) is 35.5 Å². The van der Waals surface area contributed by atoms with Gasteiger partial charge in [0.25, 0.3) is 5.56 Å². The molecular weight excluding hydrogens is 288 g/mol. The molecule has 2 fully saturated rings. The minimum Gasteiger partial charge on any atom is -0.362 e. The average Bonchev–Trinajstić information content (AvgIpc) is 2.94. The number of aromatic nitrogens is 2. The predicted octanol–water partition coefficient (Wildman–Crippen LogP) is 1.88. The summed E-state index contributed by atoms with van der Waals surface area (Å²) in [6, 6.07) is 0.347. The summed E-state index contributed by atoms with van der Waals surface area (Å²) in [5.41, 5.74) is 0.588. The van der Waals surface area contributed by atoms with Crippen molar-refractivity contribution in [1.82, 2.24) is 15.1 Å². The molecular formula is C15H23ClN4O. The molecule has 5 nitrogen and oxygen atoms in total. The van der Waals surface area contributed by atoms with E-state index in [4.69, 9.17) is 11.6 Å². The number of rotatable bonds is 5. The summed E-state index contributed by atoms with van der Waals surface area (Å²) in [5, 5.41) is 8.06. The molecule has 0 amide bonds. The highest BCUT2D eigenvalue weighted by Crippen LogP contribution is 2.28. The van der Waals surface area contributed by atoms with Crippen LogP contribution in [0.3, 0.4) is 0 Å². The van der Waals surface area contributed by atoms with E-state index < -0.39 is 0 Å². The van der Waals surface area contributed by atoms with Crippen LogP contribution in [0.25, 0.3) is 0 Å². The lowest BCUT2D eigenvalue weighted by atomic mass is 9.85. The van der Waals surface area contributed by atoms with Gasteiger partial charge < -0.3 is 10.2 Å². The quantitative estimate of drug-likeness (QED) is 0.902. The summed E-state index contributed by atoms with van der Waals surface area (Å²) in [5.74, 6) is 0.604. The molecule has 2 aliphatic rings. The van der Waals surface area contributed by atoms with Crippen LogP contribution in [0.15, 0.2) is 11.0 Å². The van der Waals surface area contributed by atoms with Crippen molar-refractivity contribution >= 4 is 17.3 Å². The van der Waals surface area contributed by atoms with E-state index in [0.29, 0.717) is 22.7 Å². The zero-order valence-electron chi connectivity index (χ0n) is 12.5. The van der Waals surface area contributed by atoms with Gasteiger partial charge in [0.15, 0.2) is 0 Å². The molecule has 1 aromatic heterocycles. The monoisotopic (exact) mass is 310 g/mol. The third kappa shape index (κ3) is 2.94. The Bertz CT molecular complexity index is 549. The molecule has 6 heteroatoms. The first kappa shape index (κ1) is 14.9. The molecule has 1 unspecified atom stereocenters. The summed E-state index contributed by atoms with van der Waals surface area (Å²) >= 11 is 6.30. The molecule has 1 saturated heterocycles. The molecule has 0 spiro atoms. The predicted molar refractivity (Wildman–Crippen MR) is 85.1 cm³/mol. The van der Waals surface area contributed by atoms with Gasteiger partial charge in [-0.2, -0.15) is 5.10 Å². The van der Waals surface area contributed by atoms with Crippen LogP contribution in [0.2, 0.25) is 5.02 Å². The Balaban J connectivity index is 1.91. The Morgan fingerprint density at radius 2 is 2.29 bits per heavy atom. The second kappa shape index (κ2) is 6.36. The van der Waals surface area contributed by atoms with E-state index in [1.165, 1.54) is 19.3 Å². The molecule has 0 aromatic carbocycles. The summed E-state index contributed by atoms with van der Waals surface area (Å²) < 4.78 is 1.61. The SMILES string of the molecule is CCN(c1c(Cl)cnn(CC2CCC2)c1=O)C1CCNC1. The first-order chi connectivity index (χ1) is 10.2. The number of nitrogens with one attached hydrogen (secondary N) is 1. The van der Waals surface area contributed by atoms with E-state index in [1.54, 1.807) is 10.9 Å². The van der Waals surface area contributed by atoms with Crippen molar-refractivity contribution in [3.05, 3.63) is 21.6 Å². The zero-order chi connectivity index (χ0) is 14.8. The molecule has 1 aliphatic carbocycles. The first-order valence-corrected chi connectivity index (χ1v) is 8.31. The third-order valence-corrected chi connectivity index (χ3v) is 5.01. The molecule has 3 rings (SSSR count). The van der Waals surface area contributed by atoms with Gasteiger partial charge in [-0.25, -0.2) is 4.68 Å². The largest absolute Gasteiger partial charge is 0.362 e. The van der Waals surface area contributed by atoms with Crippen molar-refractivity contribution in [2.24, 2.45) is 5.92 Å². The Kier molecular flexibility index (Phi) is 4.50. The van der Waals surface area contributed by atoms with Crippen LogP contribution in [-0.2, 0) is 6.54 Å². The van der Waals surface area contributed by atoms with Gasteiger partial charge in [-0.3, -0.25) is 4.79 Å². The summed E-state index contributed by atoms with van der Waals surface area (Å²) in [6.45, 7) is 5.50. The molecule has 0 radical (unpaired) electrons. The maximum atomic E-state index is 12.8. The van der Waals surface area contributed by atoms with E-state index in [9.17, 15) is 4.79 Å². The van der Waals surface area contributed by atoms with Gasteiger partial charge in [0.2, 0.25) is 0 Å². The van der Waals surface area contributed by atoms with Gasteiger partial charge >= 0.3 is 0 Å². The number of halogens is 1. The van der Waals surface area contributed by atoms with Gasteiger partial charge in [0.05, 0.1) is 11.2 Å². The summed E-state index contributed by atoms with van der Waals surface area (Å²) in [7, 11) is 0. The fraction of sp³-hybridized carbons (Fsp3) is 0.733. The van der Waals surface area contributed by atoms with Crippen LogP contribution in [0.4, 0.5) is 5.69 Å². The standard InChI is InChI=1S/C15H23ClN4O/c1-2-19(12-6-7-17-8-12)14-13(16)9-18-20(15(14)21)10-11-4-3-5-11/h9,11-12,17H,2-8,10H2,1H3. The maximum absolute atomic E-state index is 12.8. The van der Waals surface area contributed by atoms with Crippen molar-refractivity contribution in [1.29, 1.82) is 0 Å². The van der Waals surface area contributed by atoms with Gasteiger partial charge in [0.1, 0.15) is 5.69 Å². The van der Waals surface area contributed by atoms with Crippen molar-refractivity contribution in [2.45, 2.75) is 45.2 Å². The normalized spacial score (nSPS) is 22.3. The molecule has 1 atom stereocenters. The lowest BCUT2D eigenvalue weighted by Crippen LogP contribution is -2.42. The smallest absolute Gasteiger partial charge is 0.291 e. The van der Waals surface area contributed by atoms with Gasteiger partial charge in [0, 0.05) is 25.7 Å². The molecule has 21 heavy (non-hydrogen) atoms. The number of nitrogens with zero attached hydrogens (tertiary/aromatic N) is 3. The van der Waals surface area contributed by atoms with Crippen LogP contribution >= 0.6 is 11.6 Å². The Morgan fingerprint density at radius 1 is 1.48 bits per heavy atom. The van der Waals surface area contributed by atoms with Gasteiger partial charge in [-0.15, -0.1) is 0 Å². The Morgan fingerprint density at radius 3 is 2.86 bits per heavy atom. The van der Waals surface area contributed by atoms with Crippen molar-refractivity contribution in [3.8, 4) is 0 Å². The van der Waals surface area contributed by atoms with Gasteiger partial charge in [-0.1, -0.05) is 18.0 Å². The second-order valence-electron chi connectivity index (χ2n) is 6.06. The lowest BCUT2D eigenvalue weighted by Gasteiger charge is -2.30. The van der Waals surface area contributed by atoms with E-state index >= 15 is 0 Å². The maximum Gasteiger partial charge on any atom is 0.291 e. The minimum absolute atomic E-state index is 0.0388. The number of anilines is 1. The highest BCUT2D eigenvalue weighted by atomic mass is 35.5. The van der Waals surface area contributed by atoms with Gasteiger partial charge in [-0.05, 0) is 38.6 Å². The van der Waals surface area contributed by atoms with Crippen LogP contribution < -0.4 is 15.8 Å². The second-order valence-corrected chi connectivity index (χ2v) is 6.47. The number of hydrogen-bond acceptors (Lipinski definition) is 4. The number of hydrogen-bond donors (Lipinski definition) is 1. The van der Waals surface area contributed by atoms with Crippen LogP contribution in [0.5, 0.6) is 0 Å². The summed E-state index contributed by atoms with van der Waals surface area (Å²) in [6.07, 6.45) is 6.36. The van der Waals surface area contributed by atoms with Crippen LogP contribution in [0.1, 0.15) is 32.6 Å². The van der Waals surface area contributed by atoms with Crippen LogP contribution in [0, 0.1) is 5.92 Å².